The molecule has 0 aliphatic carbocycles. The van der Waals surface area contributed by atoms with Gasteiger partial charge in [0.15, 0.2) is 0 Å². The fraction of sp³-hybridized carbons (Fsp3) is 0.667. The predicted molar refractivity (Wildman–Crippen MR) is 21.8 cm³/mol. The number of rotatable bonds is 1. The van der Waals surface area contributed by atoms with E-state index in [-0.39, 0.29) is 15.2 Å². The Balaban J connectivity index is 2.48. The largest absolute Gasteiger partial charge is 0.377 e. The molecule has 0 aliphatic heterocycles. The van der Waals surface area contributed by atoms with Crippen LogP contribution in [-0.4, -0.2) is 15.2 Å². The summed E-state index contributed by atoms with van der Waals surface area (Å²) in [7, 11) is 0. The Hall–Kier alpha value is 0.0225. The highest BCUT2D eigenvalue weighted by Crippen LogP contribution is 1.64. The van der Waals surface area contributed by atoms with Crippen LogP contribution in [-0.2, 0) is 0 Å². The van der Waals surface area contributed by atoms with Gasteiger partial charge < -0.3 is 0 Å². The minimum atomic E-state index is 0.120. The lowest BCUT2D eigenvalue weighted by atomic mass is 11.0. The number of nitriles is 1. The Morgan fingerprint density at radius 1 is 2.00 bits per heavy atom. The minimum Gasteiger partial charge on any atom is -0.227 e. The van der Waals surface area contributed by atoms with E-state index in [0.29, 0.717) is 0 Å². The summed E-state index contributed by atoms with van der Waals surface area (Å²) in [4.78, 5) is 2.10. The van der Waals surface area contributed by atoms with Crippen LogP contribution in [0.5, 0.6) is 0 Å². The zero-order chi connectivity index (χ0) is 4.12. The van der Waals surface area contributed by atoms with E-state index in [2.05, 4.69) is 4.93 Å². The van der Waals surface area contributed by atoms with Crippen LogP contribution < -0.4 is 0 Å². The van der Waals surface area contributed by atoms with Crippen molar-refractivity contribution in [3.63, 3.8) is 0 Å². The molecular weight excluding hydrogens is 77.0 g/mol. The van der Waals surface area contributed by atoms with Crippen LogP contribution in [0.2, 0.25) is 5.28 Å². The van der Waals surface area contributed by atoms with Crippen molar-refractivity contribution in [3.8, 4) is 4.93 Å². The Labute approximate surface area is 38.3 Å². The molecule has 0 aromatic carbocycles. The van der Waals surface area contributed by atoms with Crippen LogP contribution in [0.3, 0.4) is 0 Å². The van der Waals surface area contributed by atoms with Crippen LogP contribution in [0, 0.1) is 10.2 Å². The third-order valence-corrected chi connectivity index (χ3v) is 0.886. The maximum atomic E-state index is 7.85. The quantitative estimate of drug-likeness (QED) is 0.425. The second-order valence-corrected chi connectivity index (χ2v) is 2.22. The van der Waals surface area contributed by atoms with E-state index in [9.17, 15) is 0 Å². The van der Waals surface area contributed by atoms with Gasteiger partial charge >= 0.3 is 15.2 Å². The van der Waals surface area contributed by atoms with E-state index in [1.165, 1.54) is 0 Å². The standard InChI is InChI=1S/C2H5.CN.Al/c2*1-2;/h1H2,2H3;;. The topological polar surface area (TPSA) is 23.8 Å². The predicted octanol–water partition coefficient (Wildman–Crippen LogP) is 0.610. The normalized spacial score (nSPS) is 5.60. The number of hydrogen-bond donors (Lipinski definition) is 0. The molecule has 0 saturated carbocycles. The summed E-state index contributed by atoms with van der Waals surface area (Å²) in [6.45, 7) is 2.03. The molecule has 1 radical (unpaired) electrons. The lowest BCUT2D eigenvalue weighted by Crippen LogP contribution is -1.73. The first-order valence-electron chi connectivity index (χ1n) is 1.63. The molecule has 0 rings (SSSR count). The zero-order valence-electron chi connectivity index (χ0n) is 3.23. The van der Waals surface area contributed by atoms with Crippen LogP contribution in [0.4, 0.5) is 0 Å². The molecule has 0 N–H and O–H groups in total. The fourth-order valence-electron chi connectivity index (χ4n) is 0.0913. The van der Waals surface area contributed by atoms with Crippen molar-refractivity contribution >= 4 is 15.2 Å². The molecule has 5 heavy (non-hydrogen) atoms. The Morgan fingerprint density at radius 2 is 2.60 bits per heavy atom. The van der Waals surface area contributed by atoms with Gasteiger partial charge in [0.1, 0.15) is 0 Å². The average Bonchev–Trinajstić information content (AvgIpc) is 1.41. The summed E-state index contributed by atoms with van der Waals surface area (Å²) in [5.41, 5.74) is 0. The van der Waals surface area contributed by atoms with Crippen LogP contribution in [0.1, 0.15) is 6.92 Å². The Morgan fingerprint density at radius 3 is 2.60 bits per heavy atom. The van der Waals surface area contributed by atoms with E-state index in [1.54, 1.807) is 0 Å². The smallest absolute Gasteiger partial charge is 0.227 e. The van der Waals surface area contributed by atoms with Crippen LogP contribution in [0.25, 0.3) is 0 Å². The molecule has 0 fully saturated rings. The second-order valence-electron chi connectivity index (χ2n) is 0.741. The van der Waals surface area contributed by atoms with Gasteiger partial charge in [-0.05, 0) is 0 Å². The van der Waals surface area contributed by atoms with Crippen molar-refractivity contribution in [1.82, 2.24) is 0 Å². The van der Waals surface area contributed by atoms with Crippen molar-refractivity contribution in [2.75, 3.05) is 0 Å². The maximum absolute atomic E-state index is 7.85. The number of nitrogens with zero attached hydrogens (tertiary/aromatic N) is 1. The lowest BCUT2D eigenvalue weighted by Gasteiger charge is -1.59. The van der Waals surface area contributed by atoms with Gasteiger partial charge in [-0.3, -0.25) is 0 Å². The van der Waals surface area contributed by atoms with E-state index in [4.69, 9.17) is 5.26 Å². The molecule has 0 spiro atoms. The average molecular weight is 82.1 g/mol. The van der Waals surface area contributed by atoms with Gasteiger partial charge in [0, 0.05) is 0 Å². The molecule has 0 atom stereocenters. The van der Waals surface area contributed by atoms with Crippen molar-refractivity contribution in [1.29, 1.82) is 5.26 Å². The monoisotopic (exact) mass is 82.0 g/mol. The first-order valence-corrected chi connectivity index (χ1v) is 3.02. The third-order valence-electron chi connectivity index (χ3n) is 0.295. The van der Waals surface area contributed by atoms with E-state index >= 15 is 0 Å². The molecule has 0 amide bonds. The van der Waals surface area contributed by atoms with Crippen LogP contribution in [0.15, 0.2) is 0 Å². The molecule has 0 aromatic heterocycles. The summed E-state index contributed by atoms with van der Waals surface area (Å²) in [6, 6.07) is 0. The zero-order valence-corrected chi connectivity index (χ0v) is 4.39. The first kappa shape index (κ1) is 5.02. The van der Waals surface area contributed by atoms with Crippen molar-refractivity contribution in [2.45, 2.75) is 12.2 Å². The van der Waals surface area contributed by atoms with E-state index < -0.39 is 0 Å². The molecule has 0 bridgehead atoms. The molecule has 25 valence electrons. The van der Waals surface area contributed by atoms with Gasteiger partial charge in [-0.15, -0.1) is 0 Å². The number of hydrogen-bond acceptors (Lipinski definition) is 1. The first-order chi connectivity index (χ1) is 2.41. The summed E-state index contributed by atoms with van der Waals surface area (Å²) in [5.74, 6) is 0. The molecule has 0 heterocycles. The van der Waals surface area contributed by atoms with E-state index in [1.807, 2.05) is 6.92 Å². The lowest BCUT2D eigenvalue weighted by molar-refractivity contribution is 1.45. The Kier molecular flexibility index (Phi) is 4.04. The summed E-state index contributed by atoms with van der Waals surface area (Å²) in [6.07, 6.45) is 0. The fourth-order valence-corrected chi connectivity index (χ4v) is 0.274. The van der Waals surface area contributed by atoms with Crippen LogP contribution >= 0.6 is 0 Å². The van der Waals surface area contributed by atoms with Gasteiger partial charge in [0.25, 0.3) is 0 Å². The van der Waals surface area contributed by atoms with Gasteiger partial charge in [-0.1, -0.05) is 17.1 Å². The molecule has 0 aliphatic rings. The molecular formula is C3H5AlN. The minimum absolute atomic E-state index is 0.120. The highest BCUT2D eigenvalue weighted by atomic mass is 27.1. The molecule has 0 aromatic rings. The Bertz CT molecular complexity index is 45.3. The third kappa shape index (κ3) is 4.02. The van der Waals surface area contributed by atoms with Gasteiger partial charge in [-0.25, -0.2) is 5.26 Å². The van der Waals surface area contributed by atoms with Gasteiger partial charge in [-0.2, -0.15) is 0 Å². The molecule has 1 nitrogen and oxygen atoms in total. The highest BCUT2D eigenvalue weighted by Gasteiger charge is 1.75. The maximum Gasteiger partial charge on any atom is 0.377 e. The van der Waals surface area contributed by atoms with Crippen molar-refractivity contribution < 1.29 is 0 Å². The van der Waals surface area contributed by atoms with Crippen molar-refractivity contribution in [2.24, 2.45) is 0 Å². The van der Waals surface area contributed by atoms with Gasteiger partial charge in [0.2, 0.25) is 0 Å². The molecule has 2 heteroatoms. The van der Waals surface area contributed by atoms with Gasteiger partial charge in [0.05, 0.1) is 0 Å². The second kappa shape index (κ2) is 4.02. The summed E-state index contributed by atoms with van der Waals surface area (Å²) in [5, 5.41) is 8.92. The SMILES string of the molecule is C[CH2][Al][C]#N. The van der Waals surface area contributed by atoms with E-state index in [0.717, 1.165) is 5.28 Å². The van der Waals surface area contributed by atoms with Crippen molar-refractivity contribution in [3.05, 3.63) is 0 Å². The molecule has 0 unspecified atom stereocenters. The molecule has 0 saturated heterocycles. The summed E-state index contributed by atoms with van der Waals surface area (Å²) >= 11 is 0.120. The summed E-state index contributed by atoms with van der Waals surface area (Å²) < 4.78 is 0. The highest BCUT2D eigenvalue weighted by molar-refractivity contribution is 6.44.